The fourth-order valence-electron chi connectivity index (χ4n) is 11.9. The van der Waals surface area contributed by atoms with E-state index in [1.807, 2.05) is 48.5 Å². The topological polar surface area (TPSA) is 251 Å². The monoisotopic (exact) mass is 1340 g/mol. The van der Waals surface area contributed by atoms with Crippen molar-refractivity contribution in [3.63, 3.8) is 0 Å². The summed E-state index contributed by atoms with van der Waals surface area (Å²) in [6, 6.07) is 49.3. The number of carbonyl (C=O) groups excluding carboxylic acids is 4. The molecule has 0 aliphatic carbocycles. The van der Waals surface area contributed by atoms with Crippen molar-refractivity contribution in [1.29, 1.82) is 0 Å². The molecule has 3 aromatic heterocycles. The van der Waals surface area contributed by atoms with E-state index in [-0.39, 0.29) is 34.6 Å². The van der Waals surface area contributed by atoms with Crippen LogP contribution in [0.2, 0.25) is 0 Å². The third-order valence-electron chi connectivity index (χ3n) is 16.9. The molecule has 0 saturated carbocycles. The van der Waals surface area contributed by atoms with E-state index in [9.17, 15) is 19.2 Å². The Morgan fingerprint density at radius 3 is 0.930 bits per heavy atom. The number of hydrogen-bond acceptors (Lipinski definition) is 18. The SMILES string of the molecule is CCCCCOC(=O)c1cccc(Oc2cccc3c2-c2nc-3nc3[nH]c(nc4nc(nc5[nH]c(n2)c2c(Oc6cccc(C(=O)OCCCCC)c6)cccc52)-c2cccc(Oc5cccc(C(=O)OCCCCC)c5)c2-4)c2c(Oc4cccc(C(=O)OCCCCC)c4)cccc32)c1. The molecule has 0 radical (unpaired) electrons. The van der Waals surface area contributed by atoms with Crippen molar-refractivity contribution in [1.82, 2.24) is 39.9 Å². The Morgan fingerprint density at radius 1 is 0.310 bits per heavy atom. The highest BCUT2D eigenvalue weighted by Crippen LogP contribution is 2.47. The number of nitrogens with one attached hydrogen (secondary N) is 2. The highest BCUT2D eigenvalue weighted by atomic mass is 16.5. The molecule has 8 bridgehead atoms. The van der Waals surface area contributed by atoms with E-state index in [2.05, 4.69) is 37.7 Å². The van der Waals surface area contributed by atoms with Gasteiger partial charge in [0.1, 0.15) is 68.6 Å². The van der Waals surface area contributed by atoms with Crippen LogP contribution in [0, 0.1) is 0 Å². The lowest BCUT2D eigenvalue weighted by atomic mass is 10.1. The summed E-state index contributed by atoms with van der Waals surface area (Å²) in [5, 5.41) is 2.12. The average Bonchev–Trinajstić information content (AvgIpc) is 1.59. The fraction of sp³-hybridized carbons (Fsp3) is 0.250. The van der Waals surface area contributed by atoms with Crippen LogP contribution in [0.25, 0.3) is 89.7 Å². The minimum atomic E-state index is -0.472. The first-order valence-electron chi connectivity index (χ1n) is 34.2. The number of fused-ring (bicyclic) bond motifs is 20. The minimum Gasteiger partial charge on any atom is -0.462 e. The molecule has 0 fully saturated rings. The summed E-state index contributed by atoms with van der Waals surface area (Å²) in [6.45, 7) is 9.53. The van der Waals surface area contributed by atoms with Crippen molar-refractivity contribution in [3.8, 4) is 91.5 Å². The molecule has 2 aliphatic heterocycles. The number of carbonyl (C=O) groups is 4. The molecule has 2 aliphatic rings. The Hall–Kier alpha value is -11.8. The number of aromatic amines is 2. The highest BCUT2D eigenvalue weighted by molar-refractivity contribution is 6.10. The van der Waals surface area contributed by atoms with Gasteiger partial charge in [0.15, 0.2) is 23.3 Å². The van der Waals surface area contributed by atoms with Crippen molar-refractivity contribution in [3.05, 3.63) is 192 Å². The fourth-order valence-corrected chi connectivity index (χ4v) is 11.9. The van der Waals surface area contributed by atoms with E-state index in [1.54, 1.807) is 121 Å². The molecule has 0 atom stereocenters. The minimum absolute atomic E-state index is 0.184. The third kappa shape index (κ3) is 15.0. The molecule has 20 nitrogen and oxygen atoms in total. The molecule has 8 aromatic carbocycles. The van der Waals surface area contributed by atoms with Crippen LogP contribution < -0.4 is 18.9 Å². The summed E-state index contributed by atoms with van der Waals surface area (Å²) >= 11 is 0. The van der Waals surface area contributed by atoms with Gasteiger partial charge in [0, 0.05) is 21.9 Å². The molecule has 0 amide bonds. The van der Waals surface area contributed by atoms with Crippen LogP contribution in [0.15, 0.2) is 170 Å². The maximum Gasteiger partial charge on any atom is 0.338 e. The van der Waals surface area contributed by atoms with Crippen LogP contribution >= 0.6 is 0 Å². The predicted molar refractivity (Wildman–Crippen MR) is 381 cm³/mol. The zero-order valence-corrected chi connectivity index (χ0v) is 56.1. The Morgan fingerprint density at radius 2 is 0.600 bits per heavy atom. The molecule has 5 heterocycles. The van der Waals surface area contributed by atoms with E-state index < -0.39 is 23.9 Å². The van der Waals surface area contributed by atoms with E-state index in [1.165, 1.54) is 0 Å². The first-order chi connectivity index (χ1) is 49.0. The lowest BCUT2D eigenvalue weighted by molar-refractivity contribution is 0.0488. The second-order valence-electron chi connectivity index (χ2n) is 24.2. The number of unbranched alkanes of at least 4 members (excludes halogenated alkanes) is 8. The summed E-state index contributed by atoms with van der Waals surface area (Å²) < 4.78 is 49.8. The zero-order valence-electron chi connectivity index (χ0n) is 56.1. The maximum absolute atomic E-state index is 13.4. The number of hydrogen-bond donors (Lipinski definition) is 2. The van der Waals surface area contributed by atoms with Crippen LogP contribution in [0.5, 0.6) is 46.0 Å². The Labute approximate surface area is 577 Å². The third-order valence-corrected chi connectivity index (χ3v) is 16.9. The molecule has 0 saturated heterocycles. The summed E-state index contributed by atoms with van der Waals surface area (Å²) in [5.74, 6) is 1.76. The second-order valence-corrected chi connectivity index (χ2v) is 24.2. The summed E-state index contributed by atoms with van der Waals surface area (Å²) in [7, 11) is 0. The zero-order chi connectivity index (χ0) is 68.9. The Kier molecular flexibility index (Phi) is 20.8. The second kappa shape index (κ2) is 31.2. The molecule has 100 heavy (non-hydrogen) atoms. The number of esters is 4. The number of ether oxygens (including phenoxy) is 8. The van der Waals surface area contributed by atoms with E-state index in [4.69, 9.17) is 67.8 Å². The molecule has 11 aromatic rings. The number of benzene rings is 8. The molecule has 2 N–H and O–H groups in total. The van der Waals surface area contributed by atoms with Gasteiger partial charge in [-0.1, -0.05) is 152 Å². The van der Waals surface area contributed by atoms with Crippen LogP contribution in [0.1, 0.15) is 146 Å². The summed E-state index contributed by atoms with van der Waals surface area (Å²) in [6.07, 6.45) is 10.7. The standard InChI is InChI=1S/C80H74N8O12/c1-5-9-13-41-93-77(89)49-25-17-29-53(45-49)97-61-37-21-33-57-65(61)73-83-69(57)81-70-59-35-23-39-63(99-55-31-19-27-51(47-55)79(91)95-43-15-11-7-3)67(59)75(85-70)88-76-68-60(36-24-40-64(68)100-56-32-20-28-52(48-56)80(92)96-44-16-12-8-4)72(86-76)82-71-58-34-22-38-62(66(58)74(84-71)87-73)98-54-30-18-26-50(46-54)78(90)94-42-14-10-6-2/h17-40,45-48H,5-16,41-44H2,1-4H3,(H2,81,82,83,84,85,86,87,88). The van der Waals surface area contributed by atoms with Crippen molar-refractivity contribution in [2.45, 2.75) is 105 Å². The van der Waals surface area contributed by atoms with Crippen molar-refractivity contribution in [2.75, 3.05) is 26.4 Å². The van der Waals surface area contributed by atoms with Gasteiger partial charge in [-0.05, 0) is 123 Å². The van der Waals surface area contributed by atoms with Gasteiger partial charge in [-0.2, -0.15) is 0 Å². The Bertz CT molecular complexity index is 4750. The summed E-state index contributed by atoms with van der Waals surface area (Å²) in [4.78, 5) is 92.8. The van der Waals surface area contributed by atoms with Crippen LogP contribution in [0.4, 0.5) is 0 Å². The van der Waals surface area contributed by atoms with Gasteiger partial charge in [-0.15, -0.1) is 0 Å². The van der Waals surface area contributed by atoms with Gasteiger partial charge >= 0.3 is 23.9 Å². The first kappa shape index (κ1) is 66.8. The molecule has 13 rings (SSSR count). The number of H-pyrrole nitrogens is 2. The quantitative estimate of drug-likeness (QED) is 0.0263. The molecular weight excluding hydrogens is 1260 g/mol. The van der Waals surface area contributed by atoms with Gasteiger partial charge < -0.3 is 47.9 Å². The highest BCUT2D eigenvalue weighted by Gasteiger charge is 2.29. The van der Waals surface area contributed by atoms with E-state index >= 15 is 0 Å². The van der Waals surface area contributed by atoms with Gasteiger partial charge in [0.25, 0.3) is 0 Å². The van der Waals surface area contributed by atoms with Gasteiger partial charge in [-0.3, -0.25) is 0 Å². The smallest absolute Gasteiger partial charge is 0.338 e. The number of aromatic nitrogens is 8. The van der Waals surface area contributed by atoms with Crippen molar-refractivity contribution >= 4 is 68.0 Å². The van der Waals surface area contributed by atoms with Gasteiger partial charge in [-0.25, -0.2) is 49.1 Å². The lowest BCUT2D eigenvalue weighted by Gasteiger charge is -2.11. The predicted octanol–water partition coefficient (Wildman–Crippen LogP) is 19.4. The number of nitrogens with zero attached hydrogens (tertiary/aromatic N) is 6. The molecule has 0 spiro atoms. The molecule has 506 valence electrons. The maximum atomic E-state index is 13.4. The van der Waals surface area contributed by atoms with Gasteiger partial charge in [0.2, 0.25) is 0 Å². The van der Waals surface area contributed by atoms with Crippen LogP contribution in [-0.4, -0.2) is 90.2 Å². The van der Waals surface area contributed by atoms with Crippen molar-refractivity contribution < 1.29 is 57.1 Å². The first-order valence-corrected chi connectivity index (χ1v) is 34.2. The van der Waals surface area contributed by atoms with E-state index in [0.717, 1.165) is 77.0 Å². The van der Waals surface area contributed by atoms with Crippen molar-refractivity contribution in [2.24, 2.45) is 0 Å². The van der Waals surface area contributed by atoms with E-state index in [0.29, 0.717) is 150 Å². The average molecular weight is 1340 g/mol. The van der Waals surface area contributed by atoms with Crippen LogP contribution in [0.3, 0.4) is 0 Å². The Balaban J connectivity index is 1.03. The van der Waals surface area contributed by atoms with Gasteiger partial charge in [0.05, 0.1) is 70.6 Å². The summed E-state index contributed by atoms with van der Waals surface area (Å²) in [5.41, 5.74) is 4.47. The molecule has 0 unspecified atom stereocenters. The largest absolute Gasteiger partial charge is 0.462 e. The number of rotatable bonds is 28. The van der Waals surface area contributed by atoms with Crippen LogP contribution in [-0.2, 0) is 18.9 Å². The normalized spacial score (nSPS) is 11.4. The molecular formula is C80H74N8O12. The lowest BCUT2D eigenvalue weighted by Crippen LogP contribution is -2.06. The molecule has 20 heteroatoms.